The molecule has 1 aromatic rings. The number of hydrogen-bond acceptors (Lipinski definition) is 3. The summed E-state index contributed by atoms with van der Waals surface area (Å²) in [4.78, 5) is 5.96. The molecule has 0 atom stereocenters. The van der Waals surface area contributed by atoms with Crippen LogP contribution in [0.1, 0.15) is 13.8 Å². The Hall–Kier alpha value is -1.20. The predicted octanol–water partition coefficient (Wildman–Crippen LogP) is 2.37. The summed E-state index contributed by atoms with van der Waals surface area (Å²) < 4.78 is 5.26. The van der Waals surface area contributed by atoms with Crippen molar-refractivity contribution in [3.63, 3.8) is 0 Å². The molecule has 5 heteroatoms. The Morgan fingerprint density at radius 3 is 2.67 bits per heavy atom. The first kappa shape index (κ1) is 16.2. The molecule has 0 spiro atoms. The Labute approximate surface area is 131 Å². The van der Waals surface area contributed by atoms with Crippen molar-refractivity contribution in [2.45, 2.75) is 18.7 Å². The summed E-state index contributed by atoms with van der Waals surface area (Å²) in [7, 11) is 0. The zero-order chi connectivity index (χ0) is 15.0. The zero-order valence-corrected chi connectivity index (χ0v) is 13.7. The van der Waals surface area contributed by atoms with Crippen LogP contribution in [-0.4, -0.2) is 44.6 Å². The van der Waals surface area contributed by atoms with Gasteiger partial charge in [0, 0.05) is 29.2 Å². The van der Waals surface area contributed by atoms with Gasteiger partial charge in [-0.05, 0) is 19.1 Å². The van der Waals surface area contributed by atoms with Gasteiger partial charge in [-0.3, -0.25) is 4.99 Å². The van der Waals surface area contributed by atoms with Crippen molar-refractivity contribution >= 4 is 17.7 Å². The molecule has 116 valence electrons. The van der Waals surface area contributed by atoms with E-state index in [0.29, 0.717) is 0 Å². The molecule has 0 amide bonds. The second kappa shape index (κ2) is 8.29. The SMILES string of the molecule is CCNC(=NCC1(C)COC1)NCCSc1ccccc1. The highest BCUT2D eigenvalue weighted by Gasteiger charge is 2.33. The van der Waals surface area contributed by atoms with Crippen LogP contribution in [0.15, 0.2) is 40.2 Å². The van der Waals surface area contributed by atoms with E-state index in [1.807, 2.05) is 17.8 Å². The zero-order valence-electron chi connectivity index (χ0n) is 12.9. The molecule has 4 nitrogen and oxygen atoms in total. The number of nitrogens with one attached hydrogen (secondary N) is 2. The van der Waals surface area contributed by atoms with E-state index in [9.17, 15) is 0 Å². The molecule has 0 unspecified atom stereocenters. The fourth-order valence-electron chi connectivity index (χ4n) is 2.01. The number of benzene rings is 1. The smallest absolute Gasteiger partial charge is 0.191 e. The average Bonchev–Trinajstić information content (AvgIpc) is 2.48. The average molecular weight is 307 g/mol. The Bertz CT molecular complexity index is 446. The topological polar surface area (TPSA) is 45.7 Å². The lowest BCUT2D eigenvalue weighted by atomic mass is 9.89. The molecule has 2 N–H and O–H groups in total. The fourth-order valence-corrected chi connectivity index (χ4v) is 2.80. The quantitative estimate of drug-likeness (QED) is 0.351. The largest absolute Gasteiger partial charge is 0.380 e. The van der Waals surface area contributed by atoms with Gasteiger partial charge in [-0.25, -0.2) is 0 Å². The van der Waals surface area contributed by atoms with Crippen LogP contribution in [0.4, 0.5) is 0 Å². The molecular weight excluding hydrogens is 282 g/mol. The van der Waals surface area contributed by atoms with Crippen molar-refractivity contribution in [2.75, 3.05) is 38.6 Å². The van der Waals surface area contributed by atoms with Gasteiger partial charge in [0.1, 0.15) is 0 Å². The van der Waals surface area contributed by atoms with E-state index in [2.05, 4.69) is 53.7 Å². The minimum absolute atomic E-state index is 0.223. The summed E-state index contributed by atoms with van der Waals surface area (Å²) in [6.45, 7) is 8.54. The van der Waals surface area contributed by atoms with Crippen molar-refractivity contribution < 1.29 is 4.74 Å². The Morgan fingerprint density at radius 1 is 1.29 bits per heavy atom. The third-order valence-corrected chi connectivity index (χ3v) is 4.28. The molecule has 0 aromatic heterocycles. The summed E-state index contributed by atoms with van der Waals surface area (Å²) >= 11 is 1.85. The van der Waals surface area contributed by atoms with Gasteiger partial charge in [0.15, 0.2) is 5.96 Å². The molecule has 0 saturated carbocycles. The molecule has 0 bridgehead atoms. The number of hydrogen-bond donors (Lipinski definition) is 2. The minimum Gasteiger partial charge on any atom is -0.380 e. The third-order valence-electron chi connectivity index (χ3n) is 3.27. The van der Waals surface area contributed by atoms with Crippen LogP contribution in [-0.2, 0) is 4.74 Å². The van der Waals surface area contributed by atoms with Crippen molar-refractivity contribution in [3.8, 4) is 0 Å². The summed E-state index contributed by atoms with van der Waals surface area (Å²) in [5, 5.41) is 6.68. The summed E-state index contributed by atoms with van der Waals surface area (Å²) in [6.07, 6.45) is 0. The van der Waals surface area contributed by atoms with Gasteiger partial charge in [-0.2, -0.15) is 0 Å². The number of aliphatic imine (C=N–C) groups is 1. The van der Waals surface area contributed by atoms with Crippen molar-refractivity contribution in [3.05, 3.63) is 30.3 Å². The maximum Gasteiger partial charge on any atom is 0.191 e. The Balaban J connectivity index is 1.70. The number of nitrogens with zero attached hydrogens (tertiary/aromatic N) is 1. The van der Waals surface area contributed by atoms with Crippen molar-refractivity contribution in [1.29, 1.82) is 0 Å². The van der Waals surface area contributed by atoms with E-state index < -0.39 is 0 Å². The molecule has 21 heavy (non-hydrogen) atoms. The van der Waals surface area contributed by atoms with E-state index in [-0.39, 0.29) is 5.41 Å². The first-order valence-corrected chi connectivity index (χ1v) is 8.48. The maximum absolute atomic E-state index is 5.26. The summed E-state index contributed by atoms with van der Waals surface area (Å²) in [5.74, 6) is 1.92. The van der Waals surface area contributed by atoms with Crippen LogP contribution in [0.3, 0.4) is 0 Å². The van der Waals surface area contributed by atoms with E-state index in [4.69, 9.17) is 4.74 Å². The lowest BCUT2D eigenvalue weighted by molar-refractivity contribution is -0.0945. The number of rotatable bonds is 7. The normalized spacial score (nSPS) is 17.1. The molecule has 0 radical (unpaired) electrons. The summed E-state index contributed by atoms with van der Waals surface area (Å²) in [5.41, 5.74) is 0.223. The number of ether oxygens (including phenoxy) is 1. The molecule has 1 heterocycles. The molecule has 2 rings (SSSR count). The number of thioether (sulfide) groups is 1. The molecule has 1 aliphatic rings. The van der Waals surface area contributed by atoms with Gasteiger partial charge in [0.2, 0.25) is 0 Å². The highest BCUT2D eigenvalue weighted by Crippen LogP contribution is 2.26. The van der Waals surface area contributed by atoms with Crippen molar-refractivity contribution in [2.24, 2.45) is 10.4 Å². The third kappa shape index (κ3) is 5.59. The van der Waals surface area contributed by atoms with E-state index in [1.165, 1.54) is 4.90 Å². The second-order valence-corrected chi connectivity index (χ2v) is 6.76. The molecule has 0 aliphatic carbocycles. The van der Waals surface area contributed by atoms with Crippen LogP contribution in [0, 0.1) is 5.41 Å². The Kier molecular flexibility index (Phi) is 6.39. The Morgan fingerprint density at radius 2 is 2.05 bits per heavy atom. The first-order chi connectivity index (χ1) is 10.2. The number of guanidine groups is 1. The molecule has 1 aromatic carbocycles. The van der Waals surface area contributed by atoms with Crippen LogP contribution < -0.4 is 10.6 Å². The second-order valence-electron chi connectivity index (χ2n) is 5.59. The van der Waals surface area contributed by atoms with Crippen molar-refractivity contribution in [1.82, 2.24) is 10.6 Å². The highest BCUT2D eigenvalue weighted by molar-refractivity contribution is 7.99. The molecule has 1 saturated heterocycles. The molecule has 1 fully saturated rings. The lowest BCUT2D eigenvalue weighted by Crippen LogP contribution is -2.44. The standard InChI is InChI=1S/C16H25N3OS/c1-3-17-15(19-11-16(2)12-20-13-16)18-9-10-21-14-7-5-4-6-8-14/h4-8H,3,9-13H2,1-2H3,(H2,17,18,19). The van der Waals surface area contributed by atoms with E-state index >= 15 is 0 Å². The lowest BCUT2D eigenvalue weighted by Gasteiger charge is -2.36. The van der Waals surface area contributed by atoms with Gasteiger partial charge < -0.3 is 15.4 Å². The first-order valence-electron chi connectivity index (χ1n) is 7.50. The van der Waals surface area contributed by atoms with E-state index in [0.717, 1.165) is 44.6 Å². The van der Waals surface area contributed by atoms with Crippen LogP contribution >= 0.6 is 11.8 Å². The van der Waals surface area contributed by atoms with Gasteiger partial charge in [-0.15, -0.1) is 11.8 Å². The fraction of sp³-hybridized carbons (Fsp3) is 0.562. The maximum atomic E-state index is 5.26. The van der Waals surface area contributed by atoms with Gasteiger partial charge in [-0.1, -0.05) is 25.1 Å². The molecule has 1 aliphatic heterocycles. The molecular formula is C16H25N3OS. The van der Waals surface area contributed by atoms with Gasteiger partial charge in [0.25, 0.3) is 0 Å². The van der Waals surface area contributed by atoms with E-state index in [1.54, 1.807) is 0 Å². The summed E-state index contributed by atoms with van der Waals surface area (Å²) in [6, 6.07) is 10.5. The van der Waals surface area contributed by atoms with Crippen LogP contribution in [0.5, 0.6) is 0 Å². The van der Waals surface area contributed by atoms with Crippen LogP contribution in [0.25, 0.3) is 0 Å². The highest BCUT2D eigenvalue weighted by atomic mass is 32.2. The monoisotopic (exact) mass is 307 g/mol. The van der Waals surface area contributed by atoms with Gasteiger partial charge in [0.05, 0.1) is 19.8 Å². The van der Waals surface area contributed by atoms with Crippen LogP contribution in [0.2, 0.25) is 0 Å². The minimum atomic E-state index is 0.223. The predicted molar refractivity (Wildman–Crippen MR) is 90.1 cm³/mol. The van der Waals surface area contributed by atoms with Gasteiger partial charge >= 0.3 is 0 Å².